The van der Waals surface area contributed by atoms with E-state index in [4.69, 9.17) is 14.0 Å². The number of ether oxygens (including phenoxy) is 1. The lowest BCUT2D eigenvalue weighted by Gasteiger charge is -2.21. The van der Waals surface area contributed by atoms with Gasteiger partial charge in [-0.25, -0.2) is 9.86 Å². The standard InChI is InChI=1S/C19H23NO5/c1-4-6-14-11-17(21)25-18-12(2)16(8-7-15(14)18)24-13(3)19(22)20-9-5-10-23-20/h7-8,11,13H,4-6,9-10H2,1-3H3. The molecule has 0 aliphatic carbocycles. The van der Waals surface area contributed by atoms with Crippen LogP contribution in [-0.4, -0.2) is 30.2 Å². The van der Waals surface area contributed by atoms with E-state index in [0.717, 1.165) is 35.8 Å². The summed E-state index contributed by atoms with van der Waals surface area (Å²) in [6.45, 7) is 6.73. The maximum Gasteiger partial charge on any atom is 0.336 e. The number of hydrogen-bond donors (Lipinski definition) is 0. The molecule has 0 bridgehead atoms. The van der Waals surface area contributed by atoms with Gasteiger partial charge in [0.25, 0.3) is 5.91 Å². The first-order valence-electron chi connectivity index (χ1n) is 8.68. The van der Waals surface area contributed by atoms with E-state index >= 15 is 0 Å². The average molecular weight is 345 g/mol. The molecule has 6 heteroatoms. The molecule has 0 N–H and O–H groups in total. The van der Waals surface area contributed by atoms with Crippen molar-refractivity contribution in [3.05, 3.63) is 39.7 Å². The molecule has 25 heavy (non-hydrogen) atoms. The molecule has 1 aromatic heterocycles. The van der Waals surface area contributed by atoms with Gasteiger partial charge in [-0.15, -0.1) is 0 Å². The summed E-state index contributed by atoms with van der Waals surface area (Å²) in [6, 6.07) is 5.25. The van der Waals surface area contributed by atoms with E-state index in [1.807, 2.05) is 19.1 Å². The third kappa shape index (κ3) is 3.54. The van der Waals surface area contributed by atoms with Gasteiger partial charge in [-0.05, 0) is 44.4 Å². The maximum absolute atomic E-state index is 12.3. The number of benzene rings is 1. The molecule has 134 valence electrons. The topological polar surface area (TPSA) is 69.0 Å². The number of aryl methyl sites for hydroxylation is 2. The number of carbonyl (C=O) groups is 1. The Labute approximate surface area is 146 Å². The Hall–Kier alpha value is -2.34. The fraction of sp³-hybridized carbons (Fsp3) is 0.474. The smallest absolute Gasteiger partial charge is 0.336 e. The Kier molecular flexibility index (Phi) is 5.08. The first-order valence-corrected chi connectivity index (χ1v) is 8.68. The average Bonchev–Trinajstić information content (AvgIpc) is 3.12. The molecule has 2 heterocycles. The van der Waals surface area contributed by atoms with Gasteiger partial charge >= 0.3 is 5.63 Å². The van der Waals surface area contributed by atoms with Crippen molar-refractivity contribution in [2.45, 2.75) is 46.1 Å². The molecule has 6 nitrogen and oxygen atoms in total. The van der Waals surface area contributed by atoms with Crippen LogP contribution in [0.3, 0.4) is 0 Å². The van der Waals surface area contributed by atoms with E-state index in [-0.39, 0.29) is 11.5 Å². The quantitative estimate of drug-likeness (QED) is 0.779. The summed E-state index contributed by atoms with van der Waals surface area (Å²) in [6.07, 6.45) is 1.90. The highest BCUT2D eigenvalue weighted by Crippen LogP contribution is 2.29. The summed E-state index contributed by atoms with van der Waals surface area (Å²) in [5, 5.41) is 2.26. The second kappa shape index (κ2) is 7.27. The molecule has 1 atom stereocenters. The largest absolute Gasteiger partial charge is 0.480 e. The number of fused-ring (bicyclic) bond motifs is 1. The maximum atomic E-state index is 12.3. The van der Waals surface area contributed by atoms with Gasteiger partial charge in [0.05, 0.1) is 13.2 Å². The van der Waals surface area contributed by atoms with E-state index in [0.29, 0.717) is 24.5 Å². The van der Waals surface area contributed by atoms with Crippen LogP contribution in [0.2, 0.25) is 0 Å². The van der Waals surface area contributed by atoms with Crippen molar-refractivity contribution in [3.8, 4) is 5.75 Å². The molecule has 1 amide bonds. The van der Waals surface area contributed by atoms with Crippen LogP contribution in [0.5, 0.6) is 5.75 Å². The van der Waals surface area contributed by atoms with Crippen molar-refractivity contribution in [2.24, 2.45) is 0 Å². The van der Waals surface area contributed by atoms with Gasteiger partial charge in [0, 0.05) is 17.0 Å². The first-order chi connectivity index (χ1) is 12.0. The van der Waals surface area contributed by atoms with Gasteiger partial charge in [0.1, 0.15) is 11.3 Å². The molecular weight excluding hydrogens is 322 g/mol. The molecular formula is C19H23NO5. The van der Waals surface area contributed by atoms with Gasteiger partial charge in [-0.1, -0.05) is 13.3 Å². The highest BCUT2D eigenvalue weighted by atomic mass is 16.7. The van der Waals surface area contributed by atoms with E-state index < -0.39 is 6.10 Å². The van der Waals surface area contributed by atoms with Crippen molar-refractivity contribution in [1.82, 2.24) is 5.06 Å². The summed E-state index contributed by atoms with van der Waals surface area (Å²) >= 11 is 0. The predicted molar refractivity (Wildman–Crippen MR) is 93.6 cm³/mol. The fourth-order valence-electron chi connectivity index (χ4n) is 3.08. The highest BCUT2D eigenvalue weighted by molar-refractivity contribution is 5.85. The second-order valence-electron chi connectivity index (χ2n) is 6.29. The third-order valence-electron chi connectivity index (χ3n) is 4.37. The van der Waals surface area contributed by atoms with Crippen molar-refractivity contribution in [1.29, 1.82) is 0 Å². The lowest BCUT2D eigenvalue weighted by atomic mass is 10.0. The number of amides is 1. The van der Waals surface area contributed by atoms with E-state index in [9.17, 15) is 9.59 Å². The molecule has 1 saturated heterocycles. The van der Waals surface area contributed by atoms with Crippen LogP contribution in [0.1, 0.15) is 37.8 Å². The zero-order valence-corrected chi connectivity index (χ0v) is 14.8. The van der Waals surface area contributed by atoms with Gasteiger partial charge in [0.2, 0.25) is 0 Å². The molecule has 0 spiro atoms. The second-order valence-corrected chi connectivity index (χ2v) is 6.29. The van der Waals surface area contributed by atoms with E-state index in [1.165, 1.54) is 5.06 Å². The molecule has 1 aromatic carbocycles. The summed E-state index contributed by atoms with van der Waals surface area (Å²) in [7, 11) is 0. The van der Waals surface area contributed by atoms with Crippen LogP contribution in [0.15, 0.2) is 27.4 Å². The predicted octanol–water partition coefficient (Wildman–Crippen LogP) is 2.99. The van der Waals surface area contributed by atoms with E-state index in [1.54, 1.807) is 13.0 Å². The first kappa shape index (κ1) is 17.5. The number of carbonyl (C=O) groups excluding carboxylic acids is 1. The van der Waals surface area contributed by atoms with Crippen molar-refractivity contribution in [3.63, 3.8) is 0 Å². The van der Waals surface area contributed by atoms with Crippen LogP contribution in [-0.2, 0) is 16.1 Å². The minimum absolute atomic E-state index is 0.210. The molecule has 0 saturated carbocycles. The Morgan fingerprint density at radius 1 is 1.40 bits per heavy atom. The number of rotatable bonds is 5. The van der Waals surface area contributed by atoms with Gasteiger partial charge in [0.15, 0.2) is 6.10 Å². The normalized spacial score (nSPS) is 15.6. The molecule has 1 aliphatic rings. The lowest BCUT2D eigenvalue weighted by Crippen LogP contribution is -2.38. The molecule has 1 fully saturated rings. The van der Waals surface area contributed by atoms with Gasteiger partial charge in [-0.3, -0.25) is 9.63 Å². The zero-order chi connectivity index (χ0) is 18.0. The highest BCUT2D eigenvalue weighted by Gasteiger charge is 2.26. The third-order valence-corrected chi connectivity index (χ3v) is 4.37. The number of hydrogen-bond acceptors (Lipinski definition) is 5. The number of nitrogens with zero attached hydrogens (tertiary/aromatic N) is 1. The summed E-state index contributed by atoms with van der Waals surface area (Å²) in [4.78, 5) is 29.5. The van der Waals surface area contributed by atoms with Crippen molar-refractivity contribution >= 4 is 16.9 Å². The zero-order valence-electron chi connectivity index (χ0n) is 14.8. The Morgan fingerprint density at radius 3 is 2.88 bits per heavy atom. The van der Waals surface area contributed by atoms with Crippen LogP contribution >= 0.6 is 0 Å². The lowest BCUT2D eigenvalue weighted by molar-refractivity contribution is -0.175. The molecule has 1 aliphatic heterocycles. The molecule has 1 unspecified atom stereocenters. The Morgan fingerprint density at radius 2 is 2.20 bits per heavy atom. The molecule has 0 radical (unpaired) electrons. The number of hydroxylamine groups is 2. The van der Waals surface area contributed by atoms with Crippen molar-refractivity contribution in [2.75, 3.05) is 13.2 Å². The summed E-state index contributed by atoms with van der Waals surface area (Å²) in [5.41, 5.74) is 1.84. The molecule has 3 rings (SSSR count). The van der Waals surface area contributed by atoms with Gasteiger partial charge in [-0.2, -0.15) is 0 Å². The minimum Gasteiger partial charge on any atom is -0.480 e. The Bertz CT molecular complexity index is 836. The monoisotopic (exact) mass is 345 g/mol. The van der Waals surface area contributed by atoms with Crippen LogP contribution in [0.25, 0.3) is 11.0 Å². The van der Waals surface area contributed by atoms with Gasteiger partial charge < -0.3 is 9.15 Å². The summed E-state index contributed by atoms with van der Waals surface area (Å²) < 4.78 is 11.2. The van der Waals surface area contributed by atoms with Crippen molar-refractivity contribution < 1.29 is 18.8 Å². The Balaban J connectivity index is 1.91. The van der Waals surface area contributed by atoms with Crippen LogP contribution in [0, 0.1) is 6.92 Å². The fourth-order valence-corrected chi connectivity index (χ4v) is 3.08. The summed E-state index contributed by atoms with van der Waals surface area (Å²) in [5.74, 6) is 0.322. The SMILES string of the molecule is CCCc1cc(=O)oc2c(C)c(OC(C)C(=O)N3CCCO3)ccc12. The van der Waals surface area contributed by atoms with E-state index in [2.05, 4.69) is 6.92 Å². The van der Waals surface area contributed by atoms with Crippen LogP contribution in [0.4, 0.5) is 0 Å². The van der Waals surface area contributed by atoms with Crippen LogP contribution < -0.4 is 10.4 Å². The minimum atomic E-state index is -0.681. The molecule has 2 aromatic rings.